The molecule has 0 unspecified atom stereocenters. The van der Waals surface area contributed by atoms with Gasteiger partial charge in [0, 0.05) is 62.1 Å². The highest BCUT2D eigenvalue weighted by molar-refractivity contribution is 6.14. The van der Waals surface area contributed by atoms with Crippen LogP contribution in [0, 0.1) is 0 Å². The fraction of sp³-hybridized carbons (Fsp3) is 0.109. The molecule has 5 aromatic carbocycles. The fourth-order valence-electron chi connectivity index (χ4n) is 10.0. The van der Waals surface area contributed by atoms with Crippen molar-refractivity contribution in [3.05, 3.63) is 198 Å². The molecule has 12 rings (SSSR count). The Morgan fingerprint density at radius 2 is 0.984 bits per heavy atom. The van der Waals surface area contributed by atoms with Crippen LogP contribution in [0.3, 0.4) is 0 Å². The number of nitrogens with zero attached hydrogens (tertiary/aromatic N) is 5. The van der Waals surface area contributed by atoms with Gasteiger partial charge in [-0.25, -0.2) is 4.98 Å². The van der Waals surface area contributed by atoms with Crippen molar-refractivity contribution in [2.75, 3.05) is 4.90 Å². The van der Waals surface area contributed by atoms with Crippen LogP contribution in [0.2, 0.25) is 0 Å². The summed E-state index contributed by atoms with van der Waals surface area (Å²) in [6.07, 6.45) is 3.66. The van der Waals surface area contributed by atoms with Crippen LogP contribution in [-0.4, -0.2) is 19.5 Å². The number of aromatic nitrogens is 4. The zero-order valence-electron chi connectivity index (χ0n) is 34.4. The smallest absolute Gasteiger partial charge is 0.153 e. The topological polar surface area (TPSA) is 60.0 Å². The standard InChI is InChI=1S/C55H41N5O/c1-54(2)41-20-11-18-39-40-19-12-21-42-52(40)60(51(39)41)53-43(54)32-36(33-44(53)55(42,3)4)48-26-27-49(61-48)47-24-13-25-50(58-47)59(37-16-9-14-34(30-37)45-22-5-7-28-56-45)38-17-10-15-35(31-38)46-23-6-8-29-57-46/h5-33H,1-4H3. The number of rotatable bonds is 7. The lowest BCUT2D eigenvalue weighted by atomic mass is 9.68. The third kappa shape index (κ3) is 5.25. The monoisotopic (exact) mass is 787 g/mol. The molecule has 0 atom stereocenters. The molecule has 6 nitrogen and oxygen atoms in total. The minimum atomic E-state index is -0.228. The van der Waals surface area contributed by atoms with Gasteiger partial charge in [0.2, 0.25) is 0 Å². The molecule has 0 radical (unpaired) electrons. The summed E-state index contributed by atoms with van der Waals surface area (Å²) in [7, 11) is 0. The maximum atomic E-state index is 6.86. The first-order chi connectivity index (χ1) is 29.8. The Morgan fingerprint density at radius 1 is 0.459 bits per heavy atom. The summed E-state index contributed by atoms with van der Waals surface area (Å²) >= 11 is 0. The van der Waals surface area contributed by atoms with Crippen LogP contribution in [0.5, 0.6) is 0 Å². The van der Waals surface area contributed by atoms with E-state index in [-0.39, 0.29) is 10.8 Å². The van der Waals surface area contributed by atoms with Gasteiger partial charge in [-0.2, -0.15) is 0 Å². The Bertz CT molecular complexity index is 3200. The lowest BCUT2D eigenvalue weighted by Gasteiger charge is -2.42. The summed E-state index contributed by atoms with van der Waals surface area (Å²) in [5, 5.41) is 2.65. The Balaban J connectivity index is 0.982. The van der Waals surface area contributed by atoms with Crippen molar-refractivity contribution >= 4 is 39.0 Å². The van der Waals surface area contributed by atoms with E-state index in [1.165, 1.54) is 49.7 Å². The number of pyridine rings is 3. The molecule has 0 N–H and O–H groups in total. The predicted molar refractivity (Wildman–Crippen MR) is 247 cm³/mol. The molecule has 292 valence electrons. The zero-order chi connectivity index (χ0) is 41.0. The van der Waals surface area contributed by atoms with Crippen LogP contribution >= 0.6 is 0 Å². The van der Waals surface area contributed by atoms with Crippen molar-refractivity contribution in [2.24, 2.45) is 0 Å². The van der Waals surface area contributed by atoms with Crippen LogP contribution in [-0.2, 0) is 10.8 Å². The van der Waals surface area contributed by atoms with E-state index in [1.54, 1.807) is 0 Å². The maximum absolute atomic E-state index is 6.86. The first-order valence-electron chi connectivity index (χ1n) is 20.9. The molecule has 0 aliphatic carbocycles. The summed E-state index contributed by atoms with van der Waals surface area (Å²) < 4.78 is 9.43. The van der Waals surface area contributed by atoms with Gasteiger partial charge in [0.1, 0.15) is 17.3 Å². The first kappa shape index (κ1) is 35.4. The van der Waals surface area contributed by atoms with Crippen LogP contribution in [0.25, 0.3) is 72.8 Å². The van der Waals surface area contributed by atoms with Crippen molar-refractivity contribution in [1.29, 1.82) is 0 Å². The average Bonchev–Trinajstić information content (AvgIpc) is 3.93. The van der Waals surface area contributed by atoms with E-state index in [9.17, 15) is 0 Å². The van der Waals surface area contributed by atoms with E-state index in [0.717, 1.165) is 56.7 Å². The van der Waals surface area contributed by atoms with Gasteiger partial charge in [-0.15, -0.1) is 0 Å². The van der Waals surface area contributed by atoms with E-state index in [4.69, 9.17) is 9.40 Å². The number of hydrogen-bond acceptors (Lipinski definition) is 5. The molecule has 5 aromatic heterocycles. The Labute approximate surface area is 354 Å². The number of furan rings is 1. The molecule has 10 aromatic rings. The van der Waals surface area contributed by atoms with E-state index >= 15 is 0 Å². The first-order valence-corrected chi connectivity index (χ1v) is 20.9. The van der Waals surface area contributed by atoms with Crippen molar-refractivity contribution in [3.63, 3.8) is 0 Å². The third-order valence-electron chi connectivity index (χ3n) is 13.1. The SMILES string of the molecule is CC1(C)c2cc(-c3ccc(-c4cccc(N(c5cccc(-c6ccccn6)c5)c5cccc(-c6ccccn6)c5)n4)o3)cc3c2-n2c4c1cccc4c1cccc(c12)C3(C)C. The van der Waals surface area contributed by atoms with E-state index in [0.29, 0.717) is 5.76 Å². The highest BCUT2D eigenvalue weighted by atomic mass is 16.3. The Hall–Kier alpha value is -7.57. The predicted octanol–water partition coefficient (Wildman–Crippen LogP) is 14.0. The van der Waals surface area contributed by atoms with Crippen LogP contribution < -0.4 is 4.90 Å². The third-order valence-corrected chi connectivity index (χ3v) is 13.1. The highest BCUT2D eigenvalue weighted by Gasteiger charge is 2.43. The number of anilines is 3. The quantitative estimate of drug-likeness (QED) is 0.161. The largest absolute Gasteiger partial charge is 0.454 e. The van der Waals surface area contributed by atoms with Gasteiger partial charge in [-0.05, 0) is 107 Å². The molecule has 2 aliphatic rings. The van der Waals surface area contributed by atoms with Crippen molar-refractivity contribution in [3.8, 4) is 51.0 Å². The van der Waals surface area contributed by atoms with Gasteiger partial charge < -0.3 is 8.98 Å². The van der Waals surface area contributed by atoms with Crippen LogP contribution in [0.1, 0.15) is 49.9 Å². The summed E-state index contributed by atoms with van der Waals surface area (Å²) in [6, 6.07) is 57.6. The minimum Gasteiger partial charge on any atom is -0.454 e. The molecule has 0 saturated heterocycles. The summed E-state index contributed by atoms with van der Waals surface area (Å²) in [4.78, 5) is 16.8. The molecule has 61 heavy (non-hydrogen) atoms. The van der Waals surface area contributed by atoms with Gasteiger partial charge in [0.25, 0.3) is 0 Å². The average molecular weight is 788 g/mol. The van der Waals surface area contributed by atoms with Gasteiger partial charge in [0.15, 0.2) is 5.76 Å². The number of benzene rings is 5. The van der Waals surface area contributed by atoms with E-state index in [2.05, 4.69) is 168 Å². The van der Waals surface area contributed by atoms with E-state index in [1.807, 2.05) is 54.9 Å². The summed E-state index contributed by atoms with van der Waals surface area (Å²) in [6.45, 7) is 9.49. The lowest BCUT2D eigenvalue weighted by Crippen LogP contribution is -2.33. The van der Waals surface area contributed by atoms with E-state index < -0.39 is 0 Å². The molecule has 0 spiro atoms. The second kappa shape index (κ2) is 13.0. The van der Waals surface area contributed by atoms with Crippen molar-refractivity contribution < 1.29 is 4.42 Å². The number of para-hydroxylation sites is 2. The molecule has 0 bridgehead atoms. The molecule has 2 aliphatic heterocycles. The van der Waals surface area contributed by atoms with Gasteiger partial charge >= 0.3 is 0 Å². The van der Waals surface area contributed by atoms with Crippen molar-refractivity contribution in [2.45, 2.75) is 38.5 Å². The molecule has 0 amide bonds. The van der Waals surface area contributed by atoms with Gasteiger partial charge in [-0.3, -0.25) is 14.9 Å². The molecule has 6 heteroatoms. The second-order valence-electron chi connectivity index (χ2n) is 17.3. The van der Waals surface area contributed by atoms with Gasteiger partial charge in [0.05, 0.1) is 28.1 Å². The lowest BCUT2D eigenvalue weighted by molar-refractivity contribution is 0.584. The summed E-state index contributed by atoms with van der Waals surface area (Å²) in [5.41, 5.74) is 16.4. The summed E-state index contributed by atoms with van der Waals surface area (Å²) in [5.74, 6) is 2.28. The maximum Gasteiger partial charge on any atom is 0.153 e. The van der Waals surface area contributed by atoms with Crippen LogP contribution in [0.15, 0.2) is 181 Å². The highest BCUT2D eigenvalue weighted by Crippen LogP contribution is 2.56. The van der Waals surface area contributed by atoms with Crippen LogP contribution in [0.4, 0.5) is 17.2 Å². The molecular formula is C55H41N5O. The van der Waals surface area contributed by atoms with Crippen molar-refractivity contribution in [1.82, 2.24) is 19.5 Å². The zero-order valence-corrected chi connectivity index (χ0v) is 34.4. The molecule has 0 saturated carbocycles. The molecule has 0 fully saturated rings. The Kier molecular flexibility index (Phi) is 7.52. The normalized spacial score (nSPS) is 14.2. The molecular weight excluding hydrogens is 747 g/mol. The second-order valence-corrected chi connectivity index (χ2v) is 17.3. The number of fused-ring (bicyclic) bond motifs is 1. The molecule has 7 heterocycles. The Morgan fingerprint density at radius 3 is 1.54 bits per heavy atom. The number of hydrogen-bond donors (Lipinski definition) is 0. The fourth-order valence-corrected chi connectivity index (χ4v) is 10.0. The van der Waals surface area contributed by atoms with Gasteiger partial charge in [-0.1, -0.05) is 107 Å². The minimum absolute atomic E-state index is 0.228.